The average Bonchev–Trinajstić information content (AvgIpc) is 3.44. The predicted molar refractivity (Wildman–Crippen MR) is 127 cm³/mol. The molecule has 2 aliphatic rings. The number of carbonyl (C=O) groups excluding carboxylic acids is 2. The van der Waals surface area contributed by atoms with Crippen molar-refractivity contribution >= 4 is 32.5 Å². The van der Waals surface area contributed by atoms with Gasteiger partial charge in [-0.15, -0.1) is 0 Å². The van der Waals surface area contributed by atoms with Crippen LogP contribution in [0.1, 0.15) is 56.4 Å². The molecule has 1 aromatic carbocycles. The third-order valence-electron chi connectivity index (χ3n) is 6.53. The lowest BCUT2D eigenvalue weighted by Crippen LogP contribution is -2.48. The van der Waals surface area contributed by atoms with Gasteiger partial charge in [-0.1, -0.05) is 44.9 Å². The summed E-state index contributed by atoms with van der Waals surface area (Å²) >= 11 is 0. The van der Waals surface area contributed by atoms with Crippen LogP contribution in [0.3, 0.4) is 0 Å². The zero-order chi connectivity index (χ0) is 24.5. The van der Waals surface area contributed by atoms with E-state index in [-0.39, 0.29) is 46.7 Å². The summed E-state index contributed by atoms with van der Waals surface area (Å²) in [5, 5.41) is 5.00. The molecule has 1 unspecified atom stereocenters. The highest BCUT2D eigenvalue weighted by molar-refractivity contribution is 7.91. The van der Waals surface area contributed by atoms with E-state index in [0.29, 0.717) is 23.7 Å². The van der Waals surface area contributed by atoms with Gasteiger partial charge in [-0.05, 0) is 31.2 Å². The van der Waals surface area contributed by atoms with E-state index in [1.807, 2.05) is 13.8 Å². The zero-order valence-electron chi connectivity index (χ0n) is 19.6. The number of hydrogen-bond acceptors (Lipinski definition) is 7. The molecule has 1 amide bonds. The van der Waals surface area contributed by atoms with Gasteiger partial charge in [-0.3, -0.25) is 9.59 Å². The number of amides is 1. The van der Waals surface area contributed by atoms with Gasteiger partial charge in [0, 0.05) is 24.0 Å². The van der Waals surface area contributed by atoms with Crippen molar-refractivity contribution in [3.63, 3.8) is 0 Å². The van der Waals surface area contributed by atoms with Gasteiger partial charge >= 0.3 is 5.97 Å². The highest BCUT2D eigenvalue weighted by Crippen LogP contribution is 2.29. The van der Waals surface area contributed by atoms with Crippen molar-refractivity contribution in [2.45, 2.75) is 64.6 Å². The fourth-order valence-electron chi connectivity index (χ4n) is 5.01. The van der Waals surface area contributed by atoms with Gasteiger partial charge in [-0.25, -0.2) is 17.9 Å². The Bertz CT molecular complexity index is 1250. The summed E-state index contributed by atoms with van der Waals surface area (Å²) in [6, 6.07) is 6.29. The lowest BCUT2D eigenvalue weighted by molar-refractivity contribution is -0.139. The molecule has 34 heavy (non-hydrogen) atoms. The smallest absolute Gasteiger partial charge is 0.359 e. The fraction of sp³-hybridized carbons (Fsp3) is 0.583. The highest BCUT2D eigenvalue weighted by atomic mass is 32.2. The molecule has 1 atom stereocenters. The topological polar surface area (TPSA) is 116 Å². The van der Waals surface area contributed by atoms with Gasteiger partial charge < -0.3 is 9.64 Å². The molecule has 0 bridgehead atoms. The fourth-order valence-corrected chi connectivity index (χ4v) is 6.72. The van der Waals surface area contributed by atoms with Crippen LogP contribution in [0.4, 0.5) is 0 Å². The highest BCUT2D eigenvalue weighted by Gasteiger charge is 2.39. The number of rotatable bonds is 7. The van der Waals surface area contributed by atoms with Crippen LogP contribution in [-0.2, 0) is 25.9 Å². The van der Waals surface area contributed by atoms with Gasteiger partial charge in [0.25, 0.3) is 11.5 Å². The average molecular weight is 490 g/mol. The molecule has 9 nitrogen and oxygen atoms in total. The molecule has 0 radical (unpaired) electrons. The Hall–Kier alpha value is -2.75. The molecule has 0 spiro atoms. The minimum atomic E-state index is -3.17. The van der Waals surface area contributed by atoms with E-state index in [0.717, 1.165) is 25.7 Å². The van der Waals surface area contributed by atoms with Gasteiger partial charge in [0.15, 0.2) is 22.1 Å². The van der Waals surface area contributed by atoms with Crippen molar-refractivity contribution in [2.24, 2.45) is 5.92 Å². The van der Waals surface area contributed by atoms with Crippen molar-refractivity contribution in [3.8, 4) is 0 Å². The monoisotopic (exact) mass is 489 g/mol. The second-order valence-corrected chi connectivity index (χ2v) is 11.9. The first-order chi connectivity index (χ1) is 16.2. The van der Waals surface area contributed by atoms with Crippen LogP contribution in [0.5, 0.6) is 0 Å². The number of carbonyl (C=O) groups is 2. The number of sulfone groups is 1. The van der Waals surface area contributed by atoms with Crippen LogP contribution in [0, 0.1) is 5.92 Å². The molecule has 0 N–H and O–H groups in total. The third-order valence-corrected chi connectivity index (χ3v) is 8.28. The molecular weight excluding hydrogens is 458 g/mol. The van der Waals surface area contributed by atoms with E-state index >= 15 is 0 Å². The number of nitrogens with zero attached hydrogens (tertiary/aromatic N) is 3. The normalized spacial score (nSPS) is 20.1. The molecule has 1 aliphatic carbocycles. The number of fused-ring (bicyclic) bond motifs is 1. The first kappa shape index (κ1) is 24.4. The zero-order valence-corrected chi connectivity index (χ0v) is 20.4. The van der Waals surface area contributed by atoms with Gasteiger partial charge in [0.05, 0.1) is 16.9 Å². The molecule has 2 aromatic rings. The molecule has 1 aliphatic heterocycles. The summed E-state index contributed by atoms with van der Waals surface area (Å²) in [4.78, 5) is 40.6. The van der Waals surface area contributed by atoms with E-state index in [1.165, 1.54) is 4.68 Å². The second-order valence-electron chi connectivity index (χ2n) is 9.65. The molecule has 2 heterocycles. The summed E-state index contributed by atoms with van der Waals surface area (Å²) in [5.74, 6) is -1.01. The maximum Gasteiger partial charge on any atom is 0.359 e. The van der Waals surface area contributed by atoms with Crippen LogP contribution in [-0.4, -0.2) is 65.2 Å². The number of hydrogen-bond donors (Lipinski definition) is 0. The third kappa shape index (κ3) is 5.16. The number of aromatic nitrogens is 2. The number of benzene rings is 1. The Morgan fingerprint density at radius 1 is 1.12 bits per heavy atom. The predicted octanol–water partition coefficient (Wildman–Crippen LogP) is 2.17. The van der Waals surface area contributed by atoms with Crippen molar-refractivity contribution in [1.29, 1.82) is 0 Å². The van der Waals surface area contributed by atoms with Crippen LogP contribution >= 0.6 is 0 Å². The molecule has 2 fully saturated rings. The molecule has 184 valence electrons. The summed E-state index contributed by atoms with van der Waals surface area (Å²) in [6.45, 7) is 3.74. The van der Waals surface area contributed by atoms with Crippen molar-refractivity contribution in [3.05, 3.63) is 40.3 Å². The van der Waals surface area contributed by atoms with Gasteiger partial charge in [0.2, 0.25) is 0 Å². The lowest BCUT2D eigenvalue weighted by atomic mass is 10.1. The summed E-state index contributed by atoms with van der Waals surface area (Å²) in [6.07, 6.45) is 4.03. The van der Waals surface area contributed by atoms with Gasteiger partial charge in [0.1, 0.15) is 0 Å². The van der Waals surface area contributed by atoms with Crippen molar-refractivity contribution < 1.29 is 22.7 Å². The van der Waals surface area contributed by atoms with E-state index in [9.17, 15) is 22.8 Å². The standard InChI is InChI=1S/C24H31N3O6S/c1-16(2)13-26-23(29)20-10-6-5-9-19(20)22(25-26)24(30)33-14-21(28)27(17-7-3-4-8-17)18-11-12-34(31,32)15-18/h5-6,9-10,16-18H,3-4,7-8,11-15H2,1-2H3. The van der Waals surface area contributed by atoms with Crippen LogP contribution in [0.15, 0.2) is 29.1 Å². The quantitative estimate of drug-likeness (QED) is 0.547. The van der Waals surface area contributed by atoms with Crippen LogP contribution in [0.25, 0.3) is 10.8 Å². The SMILES string of the molecule is CC(C)Cn1nc(C(=O)OCC(=O)N(C2CCCC2)C2CCS(=O)(=O)C2)c2ccccc2c1=O. The number of esters is 1. The minimum Gasteiger partial charge on any atom is -0.451 e. The van der Waals surface area contributed by atoms with Gasteiger partial charge in [-0.2, -0.15) is 5.10 Å². The maximum atomic E-state index is 13.2. The van der Waals surface area contributed by atoms with E-state index in [2.05, 4.69) is 5.10 Å². The summed E-state index contributed by atoms with van der Waals surface area (Å²) in [7, 11) is -3.17. The minimum absolute atomic E-state index is 0.0143. The maximum absolute atomic E-state index is 13.2. The molecule has 1 saturated heterocycles. The van der Waals surface area contributed by atoms with Crippen LogP contribution < -0.4 is 5.56 Å². The van der Waals surface area contributed by atoms with Crippen molar-refractivity contribution in [2.75, 3.05) is 18.1 Å². The largest absolute Gasteiger partial charge is 0.451 e. The molecule has 10 heteroatoms. The van der Waals surface area contributed by atoms with E-state index in [4.69, 9.17) is 4.74 Å². The van der Waals surface area contributed by atoms with Crippen molar-refractivity contribution in [1.82, 2.24) is 14.7 Å². The Morgan fingerprint density at radius 3 is 2.41 bits per heavy atom. The summed E-state index contributed by atoms with van der Waals surface area (Å²) < 4.78 is 30.7. The van der Waals surface area contributed by atoms with E-state index in [1.54, 1.807) is 29.2 Å². The number of ether oxygens (including phenoxy) is 1. The second kappa shape index (κ2) is 9.85. The first-order valence-electron chi connectivity index (χ1n) is 11.8. The Balaban J connectivity index is 1.56. The van der Waals surface area contributed by atoms with E-state index < -0.39 is 22.4 Å². The molecule has 1 saturated carbocycles. The summed E-state index contributed by atoms with van der Waals surface area (Å²) in [5.41, 5.74) is -0.300. The Kier molecular flexibility index (Phi) is 7.06. The lowest BCUT2D eigenvalue weighted by Gasteiger charge is -2.33. The Morgan fingerprint density at radius 2 is 1.79 bits per heavy atom. The Labute approximate surface area is 199 Å². The molecule has 4 rings (SSSR count). The van der Waals surface area contributed by atoms with Crippen LogP contribution in [0.2, 0.25) is 0 Å². The molecule has 1 aromatic heterocycles. The molecular formula is C24H31N3O6S. The first-order valence-corrected chi connectivity index (χ1v) is 13.7.